The number of fused-ring (bicyclic) bond motifs is 1. The third-order valence-electron chi connectivity index (χ3n) is 10.1. The molecule has 0 radical (unpaired) electrons. The van der Waals surface area contributed by atoms with Crippen molar-refractivity contribution in [2.45, 2.75) is 55.9 Å². The zero-order chi connectivity index (χ0) is 49.8. The number of imide groups is 2. The van der Waals surface area contributed by atoms with Gasteiger partial charge in [-0.25, -0.2) is 27.5 Å². The lowest BCUT2D eigenvalue weighted by atomic mass is 10.0. The van der Waals surface area contributed by atoms with Crippen molar-refractivity contribution in [3.8, 4) is 11.3 Å². The second-order valence-electron chi connectivity index (χ2n) is 16.0. The number of carbonyl (C=O) groups excluding carboxylic acids is 4. The van der Waals surface area contributed by atoms with Gasteiger partial charge in [-0.1, -0.05) is 6.07 Å². The van der Waals surface area contributed by atoms with Gasteiger partial charge in [0.25, 0.3) is 11.8 Å². The molecule has 69 heavy (non-hydrogen) atoms. The molecule has 0 saturated carbocycles. The van der Waals surface area contributed by atoms with E-state index < -0.39 is 79.4 Å². The lowest BCUT2D eigenvalue weighted by molar-refractivity contribution is -0.138. The molecule has 2 aromatic carbocycles. The Balaban J connectivity index is 0.786. The van der Waals surface area contributed by atoms with Crippen LogP contribution in [-0.4, -0.2) is 153 Å². The molecule has 374 valence electrons. The van der Waals surface area contributed by atoms with E-state index in [1.54, 1.807) is 12.1 Å². The van der Waals surface area contributed by atoms with E-state index in [0.29, 0.717) is 44.9 Å². The summed E-state index contributed by atoms with van der Waals surface area (Å²) in [7, 11) is -4.17. The third kappa shape index (κ3) is 14.5. The van der Waals surface area contributed by atoms with Crippen LogP contribution in [0.15, 0.2) is 59.9 Å². The summed E-state index contributed by atoms with van der Waals surface area (Å²) in [5.74, 6) is -3.76. The van der Waals surface area contributed by atoms with E-state index in [1.807, 2.05) is 0 Å². The highest BCUT2D eigenvalue weighted by molar-refractivity contribution is 7.89. The minimum atomic E-state index is -4.84. The molecular formula is C43H51F4N9O12S. The van der Waals surface area contributed by atoms with Crippen LogP contribution in [0.25, 0.3) is 11.3 Å². The second kappa shape index (κ2) is 23.5. The first-order valence-corrected chi connectivity index (χ1v) is 23.0. The first kappa shape index (κ1) is 52.4. The number of hydrogen-bond acceptors (Lipinski definition) is 17. The molecule has 0 bridgehead atoms. The third-order valence-corrected chi connectivity index (χ3v) is 11.6. The number of aromatic nitrogens is 4. The average molecular weight is 994 g/mol. The van der Waals surface area contributed by atoms with Crippen molar-refractivity contribution in [3.05, 3.63) is 77.5 Å². The highest BCUT2D eigenvalue weighted by atomic mass is 32.2. The largest absolute Gasteiger partial charge is 0.419 e. The smallest absolute Gasteiger partial charge is 0.389 e. The molecule has 0 aliphatic carbocycles. The van der Waals surface area contributed by atoms with Gasteiger partial charge in [-0.2, -0.15) is 18.3 Å². The summed E-state index contributed by atoms with van der Waals surface area (Å²) < 4.78 is 113. The number of alkyl halides is 3. The molecule has 1 fully saturated rings. The summed E-state index contributed by atoms with van der Waals surface area (Å²) in [5, 5.41) is 21.8. The molecule has 2 aliphatic rings. The van der Waals surface area contributed by atoms with Gasteiger partial charge in [0.1, 0.15) is 17.4 Å². The van der Waals surface area contributed by atoms with Crippen LogP contribution in [0.5, 0.6) is 0 Å². The minimum absolute atomic E-state index is 0.0126. The fraction of sp³-hybridized carbons (Fsp3) is 0.465. The monoisotopic (exact) mass is 993 g/mol. The predicted molar refractivity (Wildman–Crippen MR) is 235 cm³/mol. The molecule has 6 rings (SSSR count). The number of nitrogens with zero attached hydrogens (tertiary/aromatic N) is 5. The average Bonchev–Trinajstić information content (AvgIpc) is 3.84. The number of benzene rings is 2. The lowest BCUT2D eigenvalue weighted by Gasteiger charge is -2.27. The quantitative estimate of drug-likeness (QED) is 0.0327. The summed E-state index contributed by atoms with van der Waals surface area (Å²) in [4.78, 5) is 58.2. The van der Waals surface area contributed by atoms with E-state index in [-0.39, 0.29) is 88.0 Å². The number of amides is 4. The summed E-state index contributed by atoms with van der Waals surface area (Å²) >= 11 is 0. The van der Waals surface area contributed by atoms with Gasteiger partial charge in [0, 0.05) is 43.2 Å². The van der Waals surface area contributed by atoms with Crippen molar-refractivity contribution in [2.24, 2.45) is 0 Å². The Morgan fingerprint density at radius 1 is 0.841 bits per heavy atom. The van der Waals surface area contributed by atoms with E-state index in [2.05, 4.69) is 35.7 Å². The zero-order valence-electron chi connectivity index (χ0n) is 37.5. The maximum absolute atomic E-state index is 15.1. The molecule has 4 heterocycles. The van der Waals surface area contributed by atoms with Gasteiger partial charge in [-0.05, 0) is 50.6 Å². The summed E-state index contributed by atoms with van der Waals surface area (Å²) in [6.07, 6.45) is -1.79. The van der Waals surface area contributed by atoms with Crippen LogP contribution in [0.1, 0.15) is 53.0 Å². The van der Waals surface area contributed by atoms with Crippen LogP contribution >= 0.6 is 0 Å². The van der Waals surface area contributed by atoms with Crippen molar-refractivity contribution in [1.29, 1.82) is 0 Å². The van der Waals surface area contributed by atoms with E-state index >= 15 is 4.39 Å². The molecule has 26 heteroatoms. The Kier molecular flexibility index (Phi) is 17.9. The molecule has 21 nitrogen and oxygen atoms in total. The summed E-state index contributed by atoms with van der Waals surface area (Å²) in [6.45, 7) is 5.56. The fourth-order valence-corrected chi connectivity index (χ4v) is 7.98. The standard InChI is InChI=1S/C43H51F4N9O12S/c1-42(2,61)26-55-25-27(23-50-55)37-30(43(45,46)47)24-49-41(54-37)52-32-7-6-28(22-31(32)44)69(62,63)51-11-13-65-15-17-67-19-21-68-20-18-66-16-14-64-12-10-48-33-5-3-4-29-36(33)40(60)56(39(29)59)34-8-9-35(57)53-38(34)58/h3-7,22-25,34,48,51,61H,8-21,26H2,1-2H3,(H,49,52,54)(H,53,57,58). The normalized spacial score (nSPS) is 15.5. The summed E-state index contributed by atoms with van der Waals surface area (Å²) in [6, 6.07) is 6.65. The lowest BCUT2D eigenvalue weighted by Crippen LogP contribution is -2.54. The van der Waals surface area contributed by atoms with Gasteiger partial charge < -0.3 is 39.4 Å². The highest BCUT2D eigenvalue weighted by Gasteiger charge is 2.45. The number of carbonyl (C=O) groups is 4. The van der Waals surface area contributed by atoms with Crippen LogP contribution < -0.4 is 20.7 Å². The van der Waals surface area contributed by atoms with Gasteiger partial charge in [-0.3, -0.25) is 34.1 Å². The van der Waals surface area contributed by atoms with Crippen LogP contribution in [0.4, 0.5) is 34.9 Å². The molecule has 4 amide bonds. The minimum Gasteiger partial charge on any atom is -0.389 e. The fourth-order valence-electron chi connectivity index (χ4n) is 6.96. The first-order chi connectivity index (χ1) is 32.8. The predicted octanol–water partition coefficient (Wildman–Crippen LogP) is 2.89. The van der Waals surface area contributed by atoms with Crippen molar-refractivity contribution in [3.63, 3.8) is 0 Å². The van der Waals surface area contributed by atoms with Gasteiger partial charge in [0.15, 0.2) is 0 Å². The Morgan fingerprint density at radius 3 is 2.09 bits per heavy atom. The maximum atomic E-state index is 15.1. The van der Waals surface area contributed by atoms with E-state index in [9.17, 15) is 45.9 Å². The number of halogens is 4. The Labute approximate surface area is 393 Å². The molecule has 5 N–H and O–H groups in total. The van der Waals surface area contributed by atoms with Crippen LogP contribution in [-0.2, 0) is 56.0 Å². The highest BCUT2D eigenvalue weighted by Crippen LogP contribution is 2.37. The number of nitrogens with one attached hydrogen (secondary N) is 4. The molecule has 0 spiro atoms. The van der Waals surface area contributed by atoms with Gasteiger partial charge in [0.2, 0.25) is 27.8 Å². The van der Waals surface area contributed by atoms with Gasteiger partial charge in [0.05, 0.1) is 112 Å². The van der Waals surface area contributed by atoms with Crippen molar-refractivity contribution in [1.82, 2.24) is 34.7 Å². The molecule has 2 aromatic heterocycles. The number of aliphatic hydroxyl groups is 1. The zero-order valence-corrected chi connectivity index (χ0v) is 38.3. The number of sulfonamides is 1. The Bertz CT molecular complexity index is 2580. The van der Waals surface area contributed by atoms with Crippen LogP contribution in [0, 0.1) is 5.82 Å². The van der Waals surface area contributed by atoms with Crippen LogP contribution in [0.3, 0.4) is 0 Å². The van der Waals surface area contributed by atoms with Crippen molar-refractivity contribution in [2.75, 3.05) is 89.8 Å². The number of rotatable bonds is 27. The van der Waals surface area contributed by atoms with E-state index in [4.69, 9.17) is 23.7 Å². The molecule has 4 aromatic rings. The van der Waals surface area contributed by atoms with Crippen LogP contribution in [0.2, 0.25) is 0 Å². The molecule has 1 atom stereocenters. The molecule has 1 saturated heterocycles. The number of ether oxygens (including phenoxy) is 5. The van der Waals surface area contributed by atoms with Gasteiger partial charge in [-0.15, -0.1) is 0 Å². The van der Waals surface area contributed by atoms with E-state index in [1.165, 1.54) is 30.8 Å². The topological polar surface area (TPSA) is 264 Å². The number of piperidine rings is 1. The molecule has 2 aliphatic heterocycles. The Hall–Kier alpha value is -6.00. The molecule has 1 unspecified atom stereocenters. The maximum Gasteiger partial charge on any atom is 0.419 e. The van der Waals surface area contributed by atoms with Crippen molar-refractivity contribution >= 4 is 51.0 Å². The Morgan fingerprint density at radius 2 is 1.48 bits per heavy atom. The second-order valence-corrected chi connectivity index (χ2v) is 17.8. The molecular weight excluding hydrogens is 943 g/mol. The number of anilines is 3. The number of hydrogen-bond donors (Lipinski definition) is 5. The SMILES string of the molecule is CC(C)(O)Cn1cc(-c2nc(Nc3ccc(S(=O)(=O)NCCOCCOCCOCCOCCOCCNc4cccc5c4C(=O)N(C4CCC(=O)NC4=O)C5=O)cc3F)ncc2C(F)(F)F)cn1. The van der Waals surface area contributed by atoms with Gasteiger partial charge >= 0.3 is 6.18 Å². The first-order valence-electron chi connectivity index (χ1n) is 21.6. The van der Waals surface area contributed by atoms with Crippen molar-refractivity contribution < 1.29 is 73.9 Å². The summed E-state index contributed by atoms with van der Waals surface area (Å²) in [5.41, 5.74) is -2.48. The van der Waals surface area contributed by atoms with E-state index in [0.717, 1.165) is 29.3 Å².